The summed E-state index contributed by atoms with van der Waals surface area (Å²) in [5.74, 6) is -1.76. The Morgan fingerprint density at radius 1 is 1.11 bits per heavy atom. The molecule has 0 bridgehead atoms. The van der Waals surface area contributed by atoms with Gasteiger partial charge in [-0.2, -0.15) is 5.10 Å². The van der Waals surface area contributed by atoms with Crippen molar-refractivity contribution in [2.45, 2.75) is 6.92 Å². The van der Waals surface area contributed by atoms with Crippen LogP contribution in [0.5, 0.6) is 11.5 Å². The number of benzene rings is 2. The number of amides is 1. The van der Waals surface area contributed by atoms with Gasteiger partial charge < -0.3 is 14.8 Å². The Morgan fingerprint density at radius 2 is 1.81 bits per heavy atom. The molecule has 0 fully saturated rings. The molecule has 0 aliphatic rings. The first kappa shape index (κ1) is 18.4. The fourth-order valence-electron chi connectivity index (χ4n) is 2.67. The highest BCUT2D eigenvalue weighted by molar-refractivity contribution is 6.07. The second-order valence-corrected chi connectivity index (χ2v) is 5.69. The van der Waals surface area contributed by atoms with Crippen LogP contribution in [-0.2, 0) is 0 Å². The summed E-state index contributed by atoms with van der Waals surface area (Å²) in [7, 11) is 3.02. The number of carbonyl (C=O) groups excluding carboxylic acids is 1. The number of nitrogens with zero attached hydrogens (tertiary/aromatic N) is 1. The van der Waals surface area contributed by atoms with Gasteiger partial charge in [0.1, 0.15) is 34.4 Å². The van der Waals surface area contributed by atoms with E-state index in [1.165, 1.54) is 20.3 Å². The van der Waals surface area contributed by atoms with Crippen molar-refractivity contribution in [3.63, 3.8) is 0 Å². The van der Waals surface area contributed by atoms with Crippen LogP contribution in [0.1, 0.15) is 16.1 Å². The summed E-state index contributed by atoms with van der Waals surface area (Å²) >= 11 is 0. The normalized spacial score (nSPS) is 10.6. The third-order valence-electron chi connectivity index (χ3n) is 4.04. The number of hydrogen-bond acceptors (Lipinski definition) is 4. The van der Waals surface area contributed by atoms with Gasteiger partial charge in [0.15, 0.2) is 0 Å². The van der Waals surface area contributed by atoms with Crippen molar-refractivity contribution < 1.29 is 23.0 Å². The van der Waals surface area contributed by atoms with E-state index in [4.69, 9.17) is 9.47 Å². The number of H-pyrrole nitrogens is 1. The van der Waals surface area contributed by atoms with Crippen molar-refractivity contribution in [2.24, 2.45) is 0 Å². The number of aromatic nitrogens is 2. The van der Waals surface area contributed by atoms with Gasteiger partial charge in [-0.05, 0) is 37.3 Å². The minimum atomic E-state index is -0.950. The lowest BCUT2D eigenvalue weighted by molar-refractivity contribution is 0.101. The number of ether oxygens (including phenoxy) is 2. The first-order chi connectivity index (χ1) is 13.0. The van der Waals surface area contributed by atoms with Gasteiger partial charge in [-0.25, -0.2) is 8.78 Å². The van der Waals surface area contributed by atoms with Gasteiger partial charge in [0.2, 0.25) is 0 Å². The molecule has 0 saturated heterocycles. The summed E-state index contributed by atoms with van der Waals surface area (Å²) in [4.78, 5) is 12.5. The number of halogens is 2. The number of carbonyl (C=O) groups is 1. The van der Waals surface area contributed by atoms with E-state index in [0.29, 0.717) is 28.5 Å². The van der Waals surface area contributed by atoms with Crippen LogP contribution >= 0.6 is 0 Å². The van der Waals surface area contributed by atoms with Gasteiger partial charge in [0, 0.05) is 5.56 Å². The minimum Gasteiger partial charge on any atom is -0.497 e. The van der Waals surface area contributed by atoms with E-state index in [1.807, 2.05) is 0 Å². The van der Waals surface area contributed by atoms with E-state index < -0.39 is 23.1 Å². The molecule has 8 heteroatoms. The predicted molar refractivity (Wildman–Crippen MR) is 96.2 cm³/mol. The van der Waals surface area contributed by atoms with Crippen molar-refractivity contribution in [3.05, 3.63) is 59.3 Å². The standard InChI is InChI=1S/C19H17F2N3O3/c1-10-17(22-19(25)16-13(20)5-4-6-14(16)21)18(24-23-10)12-9-11(26-2)7-8-15(12)27-3/h4-9H,1-3H3,(H,22,25)(H,23,24). The topological polar surface area (TPSA) is 76.2 Å². The molecular formula is C19H17F2N3O3. The van der Waals surface area contributed by atoms with Crippen LogP contribution in [0.2, 0.25) is 0 Å². The molecule has 3 aromatic rings. The molecule has 2 N–H and O–H groups in total. The monoisotopic (exact) mass is 373 g/mol. The molecule has 1 aromatic heterocycles. The van der Waals surface area contributed by atoms with Gasteiger partial charge >= 0.3 is 0 Å². The maximum atomic E-state index is 13.9. The maximum absolute atomic E-state index is 13.9. The van der Waals surface area contributed by atoms with E-state index in [9.17, 15) is 13.6 Å². The highest BCUT2D eigenvalue weighted by Gasteiger charge is 2.22. The molecule has 1 amide bonds. The maximum Gasteiger partial charge on any atom is 0.261 e. The van der Waals surface area contributed by atoms with E-state index in [2.05, 4.69) is 15.5 Å². The number of hydrogen-bond donors (Lipinski definition) is 2. The Kier molecular flexibility index (Phi) is 5.07. The largest absolute Gasteiger partial charge is 0.497 e. The number of anilines is 1. The summed E-state index contributed by atoms with van der Waals surface area (Å²) < 4.78 is 38.4. The van der Waals surface area contributed by atoms with Gasteiger partial charge in [-0.3, -0.25) is 9.89 Å². The second kappa shape index (κ2) is 7.45. The van der Waals surface area contributed by atoms with Gasteiger partial charge in [0.25, 0.3) is 5.91 Å². The minimum absolute atomic E-state index is 0.286. The first-order valence-electron chi connectivity index (χ1n) is 7.99. The van der Waals surface area contributed by atoms with Gasteiger partial charge in [-0.15, -0.1) is 0 Å². The number of nitrogens with one attached hydrogen (secondary N) is 2. The average Bonchev–Trinajstić information content (AvgIpc) is 3.01. The number of aromatic amines is 1. The Hall–Kier alpha value is -3.42. The molecule has 1 heterocycles. The smallest absolute Gasteiger partial charge is 0.261 e. The molecule has 0 radical (unpaired) electrons. The molecule has 6 nitrogen and oxygen atoms in total. The van der Waals surface area contributed by atoms with Crippen LogP contribution in [-0.4, -0.2) is 30.3 Å². The second-order valence-electron chi connectivity index (χ2n) is 5.69. The van der Waals surface area contributed by atoms with Crippen LogP contribution in [0, 0.1) is 18.6 Å². The number of aryl methyl sites for hydroxylation is 1. The molecule has 0 aliphatic heterocycles. The van der Waals surface area contributed by atoms with E-state index in [-0.39, 0.29) is 5.69 Å². The summed E-state index contributed by atoms with van der Waals surface area (Å²) in [5.41, 5.74) is 1.04. The predicted octanol–water partition coefficient (Wildman–Crippen LogP) is 3.93. The lowest BCUT2D eigenvalue weighted by Gasteiger charge is -2.12. The Bertz CT molecular complexity index is 982. The molecule has 140 valence electrons. The molecule has 0 saturated carbocycles. The summed E-state index contributed by atoms with van der Waals surface area (Å²) in [6.45, 7) is 1.68. The van der Waals surface area contributed by atoms with Crippen LogP contribution in [0.4, 0.5) is 14.5 Å². The molecule has 27 heavy (non-hydrogen) atoms. The van der Waals surface area contributed by atoms with Crippen LogP contribution in [0.25, 0.3) is 11.3 Å². The van der Waals surface area contributed by atoms with Gasteiger partial charge in [0.05, 0.1) is 25.6 Å². The molecular weight excluding hydrogens is 356 g/mol. The Labute approximate surface area is 154 Å². The van der Waals surface area contributed by atoms with Gasteiger partial charge in [-0.1, -0.05) is 6.07 Å². The Balaban J connectivity index is 2.05. The lowest BCUT2D eigenvalue weighted by atomic mass is 10.1. The molecule has 0 unspecified atom stereocenters. The van der Waals surface area contributed by atoms with E-state index >= 15 is 0 Å². The van der Waals surface area contributed by atoms with Crippen molar-refractivity contribution >= 4 is 11.6 Å². The third-order valence-corrected chi connectivity index (χ3v) is 4.04. The summed E-state index contributed by atoms with van der Waals surface area (Å²) in [6, 6.07) is 8.33. The van der Waals surface area contributed by atoms with Crippen molar-refractivity contribution in [1.82, 2.24) is 10.2 Å². The average molecular weight is 373 g/mol. The molecule has 0 atom stereocenters. The highest BCUT2D eigenvalue weighted by atomic mass is 19.1. The van der Waals surface area contributed by atoms with Crippen LogP contribution in [0.15, 0.2) is 36.4 Å². The highest BCUT2D eigenvalue weighted by Crippen LogP contribution is 2.37. The third kappa shape index (κ3) is 3.46. The van der Waals surface area contributed by atoms with E-state index in [0.717, 1.165) is 12.1 Å². The SMILES string of the molecule is COc1ccc(OC)c(-c2n[nH]c(C)c2NC(=O)c2c(F)cccc2F)c1. The number of rotatable bonds is 5. The summed E-state index contributed by atoms with van der Waals surface area (Å²) in [6.07, 6.45) is 0. The summed E-state index contributed by atoms with van der Waals surface area (Å²) in [5, 5.41) is 9.50. The fourth-order valence-corrected chi connectivity index (χ4v) is 2.67. The first-order valence-corrected chi connectivity index (χ1v) is 7.99. The quantitative estimate of drug-likeness (QED) is 0.710. The molecule has 0 spiro atoms. The van der Waals surface area contributed by atoms with Crippen molar-refractivity contribution in [1.29, 1.82) is 0 Å². The lowest BCUT2D eigenvalue weighted by Crippen LogP contribution is -2.16. The van der Waals surface area contributed by atoms with Crippen molar-refractivity contribution in [3.8, 4) is 22.8 Å². The number of methoxy groups -OCH3 is 2. The molecule has 3 rings (SSSR count). The van der Waals surface area contributed by atoms with Crippen molar-refractivity contribution in [2.75, 3.05) is 19.5 Å². The van der Waals surface area contributed by atoms with Crippen LogP contribution < -0.4 is 14.8 Å². The molecule has 2 aromatic carbocycles. The Morgan fingerprint density at radius 3 is 2.44 bits per heavy atom. The zero-order valence-corrected chi connectivity index (χ0v) is 14.9. The van der Waals surface area contributed by atoms with E-state index in [1.54, 1.807) is 25.1 Å². The zero-order chi connectivity index (χ0) is 19.6. The van der Waals surface area contributed by atoms with Crippen LogP contribution in [0.3, 0.4) is 0 Å². The molecule has 0 aliphatic carbocycles. The fraction of sp³-hybridized carbons (Fsp3) is 0.158. The zero-order valence-electron chi connectivity index (χ0n) is 14.9.